The van der Waals surface area contributed by atoms with Crippen LogP contribution in [-0.2, 0) is 27.5 Å². The molecule has 0 saturated carbocycles. The lowest BCUT2D eigenvalue weighted by molar-refractivity contribution is -0.136. The van der Waals surface area contributed by atoms with Gasteiger partial charge in [0.2, 0.25) is 17.7 Å². The van der Waals surface area contributed by atoms with Crippen molar-refractivity contribution in [1.82, 2.24) is 10.2 Å². The number of hydrogen-bond acceptors (Lipinski definition) is 5. The average molecular weight is 503 g/mol. The number of nitrogens with zero attached hydrogens (tertiary/aromatic N) is 1. The van der Waals surface area contributed by atoms with Gasteiger partial charge in [-0.15, -0.1) is 0 Å². The number of carbonyl (C=O) groups excluding carboxylic acids is 3. The second kappa shape index (κ2) is 13.2. The fourth-order valence-electron chi connectivity index (χ4n) is 4.07. The SMILES string of the molecule is CCOc1ccc([C@H](C(N)=O)C(=O)N(C)C[C@H](C(=O)NCc2ccc(CN)cc2)c2ccccc2)cc1. The van der Waals surface area contributed by atoms with Gasteiger partial charge in [0.15, 0.2) is 0 Å². The van der Waals surface area contributed by atoms with Crippen LogP contribution in [0.15, 0.2) is 78.9 Å². The van der Waals surface area contributed by atoms with Crippen LogP contribution in [0.25, 0.3) is 0 Å². The van der Waals surface area contributed by atoms with Crippen LogP contribution < -0.4 is 21.5 Å². The zero-order valence-electron chi connectivity index (χ0n) is 21.2. The molecule has 0 unspecified atom stereocenters. The zero-order valence-corrected chi connectivity index (χ0v) is 21.2. The number of nitrogens with two attached hydrogens (primary N) is 2. The number of amides is 3. The summed E-state index contributed by atoms with van der Waals surface area (Å²) in [5.74, 6) is -2.67. The molecule has 3 amide bonds. The molecule has 0 saturated heterocycles. The third-order valence-corrected chi connectivity index (χ3v) is 6.13. The Labute approximate surface area is 217 Å². The highest BCUT2D eigenvalue weighted by Crippen LogP contribution is 2.24. The monoisotopic (exact) mass is 502 g/mol. The number of ether oxygens (including phenoxy) is 1. The Bertz CT molecular complexity index is 1180. The van der Waals surface area contributed by atoms with Gasteiger partial charge in [-0.3, -0.25) is 14.4 Å². The van der Waals surface area contributed by atoms with E-state index in [4.69, 9.17) is 16.2 Å². The van der Waals surface area contributed by atoms with Gasteiger partial charge in [0, 0.05) is 26.7 Å². The standard InChI is InChI=1S/C29H34N4O4/c1-3-37-24-15-13-23(14-16-24)26(27(31)34)29(36)33(2)19-25(22-7-5-4-6-8-22)28(35)32-18-21-11-9-20(17-30)10-12-21/h4-16,25-26H,3,17-19,30H2,1-2H3,(H2,31,34)(H,32,35)/t25-,26+/m0/s1. The normalized spacial score (nSPS) is 12.3. The highest BCUT2D eigenvalue weighted by molar-refractivity contribution is 6.05. The van der Waals surface area contributed by atoms with E-state index in [0.29, 0.717) is 31.0 Å². The molecular formula is C29H34N4O4. The van der Waals surface area contributed by atoms with Gasteiger partial charge in [0.25, 0.3) is 0 Å². The molecule has 194 valence electrons. The molecule has 3 rings (SSSR count). The van der Waals surface area contributed by atoms with Crippen molar-refractivity contribution < 1.29 is 19.1 Å². The summed E-state index contributed by atoms with van der Waals surface area (Å²) in [6.07, 6.45) is 0. The highest BCUT2D eigenvalue weighted by atomic mass is 16.5. The average Bonchev–Trinajstić information content (AvgIpc) is 2.92. The molecular weight excluding hydrogens is 468 g/mol. The maximum atomic E-state index is 13.4. The predicted molar refractivity (Wildman–Crippen MR) is 143 cm³/mol. The fraction of sp³-hybridized carbons (Fsp3) is 0.276. The Morgan fingerprint density at radius 2 is 1.51 bits per heavy atom. The molecule has 0 radical (unpaired) electrons. The van der Waals surface area contributed by atoms with Crippen LogP contribution in [0, 0.1) is 0 Å². The van der Waals surface area contributed by atoms with E-state index < -0.39 is 23.7 Å². The first-order valence-electron chi connectivity index (χ1n) is 12.2. The van der Waals surface area contributed by atoms with Crippen LogP contribution in [0.4, 0.5) is 0 Å². The summed E-state index contributed by atoms with van der Waals surface area (Å²) in [4.78, 5) is 40.4. The first-order chi connectivity index (χ1) is 17.8. The molecule has 0 aliphatic rings. The van der Waals surface area contributed by atoms with Crippen molar-refractivity contribution in [1.29, 1.82) is 0 Å². The molecule has 0 bridgehead atoms. The van der Waals surface area contributed by atoms with Gasteiger partial charge < -0.3 is 26.4 Å². The van der Waals surface area contributed by atoms with E-state index in [2.05, 4.69) is 5.32 Å². The first-order valence-corrected chi connectivity index (χ1v) is 12.2. The number of rotatable bonds is 12. The van der Waals surface area contributed by atoms with Crippen molar-refractivity contribution in [2.45, 2.75) is 31.8 Å². The predicted octanol–water partition coefficient (Wildman–Crippen LogP) is 2.67. The Kier molecular flexibility index (Phi) is 9.80. The van der Waals surface area contributed by atoms with Gasteiger partial charge in [0.05, 0.1) is 12.5 Å². The Balaban J connectivity index is 1.76. The maximum absolute atomic E-state index is 13.4. The molecule has 3 aromatic carbocycles. The van der Waals surface area contributed by atoms with E-state index in [1.54, 1.807) is 31.3 Å². The van der Waals surface area contributed by atoms with Gasteiger partial charge in [-0.2, -0.15) is 0 Å². The molecule has 0 aliphatic heterocycles. The van der Waals surface area contributed by atoms with Crippen LogP contribution in [0.5, 0.6) is 5.75 Å². The Morgan fingerprint density at radius 3 is 2.08 bits per heavy atom. The van der Waals surface area contributed by atoms with Crippen molar-refractivity contribution in [3.05, 3.63) is 101 Å². The largest absolute Gasteiger partial charge is 0.494 e. The van der Waals surface area contributed by atoms with Crippen LogP contribution in [0.1, 0.15) is 41.0 Å². The number of benzene rings is 3. The molecule has 5 N–H and O–H groups in total. The molecule has 2 atom stereocenters. The lowest BCUT2D eigenvalue weighted by atomic mass is 9.94. The van der Waals surface area contributed by atoms with Gasteiger partial charge >= 0.3 is 0 Å². The highest BCUT2D eigenvalue weighted by Gasteiger charge is 2.32. The molecule has 0 aliphatic carbocycles. The molecule has 8 nitrogen and oxygen atoms in total. The number of hydrogen-bond donors (Lipinski definition) is 3. The van der Waals surface area contributed by atoms with Gasteiger partial charge in [-0.05, 0) is 41.3 Å². The summed E-state index contributed by atoms with van der Waals surface area (Å²) in [7, 11) is 1.57. The summed E-state index contributed by atoms with van der Waals surface area (Å²) in [6, 6.07) is 23.6. The number of likely N-dealkylation sites (N-methyl/N-ethyl adjacent to an activating group) is 1. The summed E-state index contributed by atoms with van der Waals surface area (Å²) < 4.78 is 5.44. The summed E-state index contributed by atoms with van der Waals surface area (Å²) in [5.41, 5.74) is 14.5. The van der Waals surface area contributed by atoms with E-state index in [1.165, 1.54) is 4.90 Å². The second-order valence-corrected chi connectivity index (χ2v) is 8.76. The van der Waals surface area contributed by atoms with Crippen molar-refractivity contribution in [2.75, 3.05) is 20.2 Å². The van der Waals surface area contributed by atoms with Crippen LogP contribution in [0.3, 0.4) is 0 Å². The molecule has 0 spiro atoms. The second-order valence-electron chi connectivity index (χ2n) is 8.76. The van der Waals surface area contributed by atoms with E-state index in [-0.39, 0.29) is 12.5 Å². The maximum Gasteiger partial charge on any atom is 0.239 e. The number of nitrogens with one attached hydrogen (secondary N) is 1. The molecule has 0 fully saturated rings. The van der Waals surface area contributed by atoms with Crippen LogP contribution in [0.2, 0.25) is 0 Å². The minimum absolute atomic E-state index is 0.0710. The third kappa shape index (κ3) is 7.41. The summed E-state index contributed by atoms with van der Waals surface area (Å²) in [6.45, 7) is 3.23. The zero-order chi connectivity index (χ0) is 26.8. The smallest absolute Gasteiger partial charge is 0.239 e. The summed E-state index contributed by atoms with van der Waals surface area (Å²) >= 11 is 0. The number of carbonyl (C=O) groups is 3. The van der Waals surface area contributed by atoms with Crippen LogP contribution in [-0.4, -0.2) is 42.8 Å². The van der Waals surface area contributed by atoms with E-state index in [0.717, 1.165) is 16.7 Å². The van der Waals surface area contributed by atoms with E-state index >= 15 is 0 Å². The molecule has 8 heteroatoms. The summed E-state index contributed by atoms with van der Waals surface area (Å²) in [5, 5.41) is 2.97. The van der Waals surface area contributed by atoms with Crippen molar-refractivity contribution in [3.63, 3.8) is 0 Å². The molecule has 0 aromatic heterocycles. The first kappa shape index (κ1) is 27.4. The topological polar surface area (TPSA) is 128 Å². The van der Waals surface area contributed by atoms with Gasteiger partial charge in [-0.25, -0.2) is 0 Å². The van der Waals surface area contributed by atoms with Crippen molar-refractivity contribution in [3.8, 4) is 5.75 Å². The van der Waals surface area contributed by atoms with Gasteiger partial charge in [-0.1, -0.05) is 66.7 Å². The van der Waals surface area contributed by atoms with E-state index in [9.17, 15) is 14.4 Å². The minimum atomic E-state index is -1.18. The Morgan fingerprint density at radius 1 is 0.892 bits per heavy atom. The minimum Gasteiger partial charge on any atom is -0.494 e. The van der Waals surface area contributed by atoms with Gasteiger partial charge in [0.1, 0.15) is 11.7 Å². The quantitative estimate of drug-likeness (QED) is 0.328. The third-order valence-electron chi connectivity index (χ3n) is 6.13. The molecule has 0 heterocycles. The van der Waals surface area contributed by atoms with Crippen molar-refractivity contribution >= 4 is 17.7 Å². The van der Waals surface area contributed by atoms with Crippen LogP contribution >= 0.6 is 0 Å². The van der Waals surface area contributed by atoms with E-state index in [1.807, 2.05) is 61.5 Å². The fourth-order valence-corrected chi connectivity index (χ4v) is 4.07. The number of primary amides is 1. The molecule has 37 heavy (non-hydrogen) atoms. The Hall–Kier alpha value is -4.17. The lowest BCUT2D eigenvalue weighted by Crippen LogP contribution is -2.43. The van der Waals surface area contributed by atoms with Crippen molar-refractivity contribution in [2.24, 2.45) is 11.5 Å². The lowest BCUT2D eigenvalue weighted by Gasteiger charge is -2.27. The molecule has 3 aromatic rings.